The predicted molar refractivity (Wildman–Crippen MR) is 117 cm³/mol. The summed E-state index contributed by atoms with van der Waals surface area (Å²) in [5, 5.41) is 2.92. The molecule has 156 valence electrons. The van der Waals surface area contributed by atoms with E-state index >= 15 is 0 Å². The first-order valence-corrected chi connectivity index (χ1v) is 11.5. The van der Waals surface area contributed by atoms with Gasteiger partial charge in [-0.1, -0.05) is 12.1 Å². The van der Waals surface area contributed by atoms with E-state index in [1.165, 1.54) is 11.1 Å². The second-order valence-electron chi connectivity index (χ2n) is 7.97. The van der Waals surface area contributed by atoms with Gasteiger partial charge in [0.2, 0.25) is 5.91 Å². The summed E-state index contributed by atoms with van der Waals surface area (Å²) in [4.78, 5) is 30.2. The van der Waals surface area contributed by atoms with Crippen LogP contribution >= 0.6 is 11.8 Å². The fourth-order valence-corrected chi connectivity index (χ4v) is 5.18. The third-order valence-corrected chi connectivity index (χ3v) is 6.98. The van der Waals surface area contributed by atoms with Gasteiger partial charge >= 0.3 is 0 Å². The lowest BCUT2D eigenvalue weighted by Gasteiger charge is -2.35. The van der Waals surface area contributed by atoms with Gasteiger partial charge in [-0.25, -0.2) is 0 Å². The Labute approximate surface area is 180 Å². The second-order valence-corrected chi connectivity index (χ2v) is 9.10. The molecule has 1 saturated heterocycles. The van der Waals surface area contributed by atoms with Crippen LogP contribution in [0.25, 0.3) is 0 Å². The summed E-state index contributed by atoms with van der Waals surface area (Å²) in [6.07, 6.45) is 1.49. The average molecular weight is 424 g/mol. The third kappa shape index (κ3) is 4.04. The maximum Gasteiger partial charge on any atom is 0.254 e. The van der Waals surface area contributed by atoms with Crippen LogP contribution in [-0.4, -0.2) is 60.2 Å². The fourth-order valence-electron chi connectivity index (χ4n) is 4.24. The fraction of sp³-hybridized carbons (Fsp3) is 0.391. The van der Waals surface area contributed by atoms with Gasteiger partial charge in [0.1, 0.15) is 5.75 Å². The molecule has 0 spiro atoms. The van der Waals surface area contributed by atoms with E-state index < -0.39 is 0 Å². The highest BCUT2D eigenvalue weighted by Crippen LogP contribution is 2.32. The summed E-state index contributed by atoms with van der Waals surface area (Å²) in [5.41, 5.74) is 4.00. The lowest BCUT2D eigenvalue weighted by Crippen LogP contribution is -2.48. The standard InChI is InChI=1S/C23H25N3O3S/c27-22-6-12-30-21-4-2-18(14-19(21)24-22)23(28)26-9-7-25(8-10-26)15-16-1-3-20-17(13-16)5-11-29-20/h1-4,13-14H,5-12,15H2,(H,24,27). The number of piperazine rings is 1. The summed E-state index contributed by atoms with van der Waals surface area (Å²) in [5.74, 6) is 1.84. The smallest absolute Gasteiger partial charge is 0.254 e. The molecule has 0 radical (unpaired) electrons. The van der Waals surface area contributed by atoms with Gasteiger partial charge in [-0.2, -0.15) is 0 Å². The van der Waals surface area contributed by atoms with Gasteiger partial charge in [0.05, 0.1) is 12.3 Å². The second kappa shape index (κ2) is 8.32. The monoisotopic (exact) mass is 423 g/mol. The van der Waals surface area contributed by atoms with Crippen LogP contribution in [0.1, 0.15) is 27.9 Å². The number of carbonyl (C=O) groups is 2. The number of nitrogens with one attached hydrogen (secondary N) is 1. The zero-order valence-corrected chi connectivity index (χ0v) is 17.7. The molecule has 0 aromatic heterocycles. The predicted octanol–water partition coefficient (Wildman–Crippen LogP) is 3.01. The lowest BCUT2D eigenvalue weighted by molar-refractivity contribution is -0.115. The Morgan fingerprint density at radius 2 is 1.93 bits per heavy atom. The lowest BCUT2D eigenvalue weighted by atomic mass is 10.1. The van der Waals surface area contributed by atoms with Gasteiger partial charge in [0.15, 0.2) is 0 Å². The van der Waals surface area contributed by atoms with Crippen molar-refractivity contribution in [3.63, 3.8) is 0 Å². The largest absolute Gasteiger partial charge is 0.493 e. The molecular weight excluding hydrogens is 398 g/mol. The van der Waals surface area contributed by atoms with Crippen LogP contribution in [0.15, 0.2) is 41.3 Å². The molecule has 0 saturated carbocycles. The van der Waals surface area contributed by atoms with E-state index in [0.717, 1.165) is 54.7 Å². The minimum atomic E-state index is 0.0116. The van der Waals surface area contributed by atoms with Crippen molar-refractivity contribution in [3.8, 4) is 5.75 Å². The number of benzene rings is 2. The summed E-state index contributed by atoms with van der Waals surface area (Å²) in [6, 6.07) is 12.1. The van der Waals surface area contributed by atoms with Crippen molar-refractivity contribution >= 4 is 29.3 Å². The first-order valence-electron chi connectivity index (χ1n) is 10.5. The van der Waals surface area contributed by atoms with Crippen LogP contribution < -0.4 is 10.1 Å². The Hall–Kier alpha value is -2.51. The molecule has 2 aromatic carbocycles. The molecule has 5 rings (SSSR count). The van der Waals surface area contributed by atoms with Gasteiger partial charge in [0.25, 0.3) is 5.91 Å². The van der Waals surface area contributed by atoms with E-state index in [0.29, 0.717) is 25.1 Å². The highest BCUT2D eigenvalue weighted by molar-refractivity contribution is 7.99. The van der Waals surface area contributed by atoms with Gasteiger partial charge in [-0.3, -0.25) is 14.5 Å². The topological polar surface area (TPSA) is 61.9 Å². The van der Waals surface area contributed by atoms with Crippen molar-refractivity contribution in [1.29, 1.82) is 0 Å². The highest BCUT2D eigenvalue weighted by Gasteiger charge is 2.24. The van der Waals surface area contributed by atoms with Crippen LogP contribution in [-0.2, 0) is 17.8 Å². The first-order chi connectivity index (χ1) is 14.7. The molecule has 6 nitrogen and oxygen atoms in total. The molecule has 7 heteroatoms. The van der Waals surface area contributed by atoms with E-state index in [1.807, 2.05) is 23.1 Å². The Balaban J connectivity index is 1.20. The number of fused-ring (bicyclic) bond motifs is 2. The zero-order chi connectivity index (χ0) is 20.5. The number of amides is 2. The molecular formula is C23H25N3O3S. The molecule has 0 bridgehead atoms. The maximum absolute atomic E-state index is 13.0. The van der Waals surface area contributed by atoms with E-state index in [-0.39, 0.29) is 11.8 Å². The number of anilines is 1. The van der Waals surface area contributed by atoms with E-state index in [2.05, 4.69) is 28.4 Å². The third-order valence-electron chi connectivity index (χ3n) is 5.91. The highest BCUT2D eigenvalue weighted by atomic mass is 32.2. The van der Waals surface area contributed by atoms with Crippen molar-refractivity contribution in [2.75, 3.05) is 43.9 Å². The molecule has 30 heavy (non-hydrogen) atoms. The molecule has 1 fully saturated rings. The van der Waals surface area contributed by atoms with Crippen molar-refractivity contribution in [2.45, 2.75) is 24.3 Å². The summed E-state index contributed by atoms with van der Waals surface area (Å²) in [7, 11) is 0. The number of ether oxygens (including phenoxy) is 1. The van der Waals surface area contributed by atoms with E-state index in [1.54, 1.807) is 11.8 Å². The molecule has 3 heterocycles. The summed E-state index contributed by atoms with van der Waals surface area (Å²) in [6.45, 7) is 4.83. The summed E-state index contributed by atoms with van der Waals surface area (Å²) >= 11 is 1.66. The number of hydrogen-bond acceptors (Lipinski definition) is 5. The number of carbonyl (C=O) groups excluding carboxylic acids is 2. The van der Waals surface area contributed by atoms with Gasteiger partial charge < -0.3 is 15.0 Å². The van der Waals surface area contributed by atoms with Crippen molar-refractivity contribution in [3.05, 3.63) is 53.1 Å². The first kappa shape index (κ1) is 19.5. The number of nitrogens with zero attached hydrogens (tertiary/aromatic N) is 2. The van der Waals surface area contributed by atoms with Crippen LogP contribution in [0.3, 0.4) is 0 Å². The molecule has 3 aliphatic heterocycles. The molecule has 2 aromatic rings. The van der Waals surface area contributed by atoms with Crippen molar-refractivity contribution < 1.29 is 14.3 Å². The van der Waals surface area contributed by atoms with Crippen molar-refractivity contribution in [1.82, 2.24) is 9.80 Å². The Bertz CT molecular complexity index is 986. The van der Waals surface area contributed by atoms with E-state index in [4.69, 9.17) is 4.74 Å². The van der Waals surface area contributed by atoms with Crippen LogP contribution in [0.5, 0.6) is 5.75 Å². The van der Waals surface area contributed by atoms with Gasteiger partial charge in [-0.05, 0) is 35.4 Å². The molecule has 0 unspecified atom stereocenters. The summed E-state index contributed by atoms with van der Waals surface area (Å²) < 4.78 is 5.59. The Morgan fingerprint density at radius 3 is 2.80 bits per heavy atom. The van der Waals surface area contributed by atoms with Crippen molar-refractivity contribution in [2.24, 2.45) is 0 Å². The average Bonchev–Trinajstić information content (AvgIpc) is 3.14. The molecule has 2 amide bonds. The Kier molecular flexibility index (Phi) is 5.39. The number of rotatable bonds is 3. The molecule has 0 atom stereocenters. The number of hydrogen-bond donors (Lipinski definition) is 1. The minimum absolute atomic E-state index is 0.0116. The van der Waals surface area contributed by atoms with Gasteiger partial charge in [0, 0.05) is 61.8 Å². The van der Waals surface area contributed by atoms with Crippen LogP contribution in [0.2, 0.25) is 0 Å². The quantitative estimate of drug-likeness (QED) is 0.822. The van der Waals surface area contributed by atoms with Gasteiger partial charge in [-0.15, -0.1) is 11.8 Å². The number of thioether (sulfide) groups is 1. The van der Waals surface area contributed by atoms with Crippen LogP contribution in [0.4, 0.5) is 5.69 Å². The normalized spacial score (nSPS) is 18.8. The molecule has 3 aliphatic rings. The van der Waals surface area contributed by atoms with E-state index in [9.17, 15) is 9.59 Å². The molecule has 0 aliphatic carbocycles. The Morgan fingerprint density at radius 1 is 1.07 bits per heavy atom. The minimum Gasteiger partial charge on any atom is -0.493 e. The van der Waals surface area contributed by atoms with Crippen LogP contribution in [0, 0.1) is 0 Å². The zero-order valence-electron chi connectivity index (χ0n) is 16.9. The SMILES string of the molecule is O=C1CCSc2ccc(C(=O)N3CCN(Cc4ccc5c(c4)CCO5)CC3)cc2N1. The molecule has 1 N–H and O–H groups in total. The maximum atomic E-state index is 13.0.